The fraction of sp³-hybridized carbons (Fsp3) is 0.231. The molecule has 0 bridgehead atoms. The van der Waals surface area contributed by atoms with Crippen molar-refractivity contribution in [1.82, 2.24) is 30.2 Å². The van der Waals surface area contributed by atoms with Gasteiger partial charge in [-0.2, -0.15) is 23.3 Å². The Morgan fingerprint density at radius 3 is 2.59 bits per heavy atom. The number of piperidine rings is 1. The van der Waals surface area contributed by atoms with E-state index in [0.717, 1.165) is 11.0 Å². The van der Waals surface area contributed by atoms with Crippen molar-refractivity contribution >= 4 is 17.5 Å². The molecule has 2 amide bonds. The largest absolute Gasteiger partial charge is 0.393 e. The van der Waals surface area contributed by atoms with Crippen molar-refractivity contribution in [2.24, 2.45) is 5.92 Å². The number of hydrogen-bond donors (Lipinski definition) is 2. The molecule has 5 rings (SSSR count). The number of nitrogens with zero attached hydrogens (tertiary/aromatic N) is 5. The maximum atomic E-state index is 13.5. The topological polar surface area (TPSA) is 130 Å². The van der Waals surface area contributed by atoms with Gasteiger partial charge < -0.3 is 14.7 Å². The first-order valence-electron chi connectivity index (χ1n) is 11.9. The number of aromatic amines is 1. The number of benzene rings is 1. The smallest absolute Gasteiger partial charge is 0.339 e. The number of aromatic nitrogens is 5. The van der Waals surface area contributed by atoms with Gasteiger partial charge in [0.15, 0.2) is 0 Å². The normalized spacial score (nSPS) is 17.6. The number of amides is 2. The van der Waals surface area contributed by atoms with Gasteiger partial charge in [0.2, 0.25) is 17.6 Å². The Kier molecular flexibility index (Phi) is 6.96. The Hall–Kier alpha value is -4.81. The number of anilines is 1. The number of nitrogens with one attached hydrogen (secondary N) is 2. The van der Waals surface area contributed by atoms with Crippen molar-refractivity contribution < 1.29 is 27.3 Å². The zero-order valence-corrected chi connectivity index (χ0v) is 20.4. The van der Waals surface area contributed by atoms with Crippen LogP contribution in [0.25, 0.3) is 22.8 Å². The van der Waals surface area contributed by atoms with Crippen molar-refractivity contribution in [2.45, 2.75) is 18.5 Å². The fourth-order valence-electron chi connectivity index (χ4n) is 4.35. The van der Waals surface area contributed by atoms with Crippen LogP contribution in [0.3, 0.4) is 0 Å². The van der Waals surface area contributed by atoms with E-state index in [0.29, 0.717) is 22.6 Å². The van der Waals surface area contributed by atoms with Crippen LogP contribution >= 0.6 is 0 Å². The lowest BCUT2D eigenvalue weighted by atomic mass is 9.88. The van der Waals surface area contributed by atoms with E-state index in [-0.39, 0.29) is 30.4 Å². The molecule has 13 heteroatoms. The molecule has 1 aliphatic rings. The van der Waals surface area contributed by atoms with Gasteiger partial charge in [-0.25, -0.2) is 4.98 Å². The van der Waals surface area contributed by atoms with Gasteiger partial charge in [0.1, 0.15) is 5.69 Å². The van der Waals surface area contributed by atoms with E-state index in [1.807, 2.05) is 0 Å². The van der Waals surface area contributed by atoms with E-state index in [9.17, 15) is 22.8 Å². The maximum Gasteiger partial charge on any atom is 0.393 e. The predicted octanol–water partition coefficient (Wildman–Crippen LogP) is 4.45. The number of likely N-dealkylation sites (tertiary alicyclic amines) is 1. The molecular weight excluding hydrogens is 515 g/mol. The highest BCUT2D eigenvalue weighted by Crippen LogP contribution is 2.39. The minimum Gasteiger partial charge on any atom is -0.339 e. The minimum atomic E-state index is -4.47. The van der Waals surface area contributed by atoms with E-state index < -0.39 is 36.4 Å². The van der Waals surface area contributed by atoms with E-state index in [2.05, 4.69) is 37.2 Å². The monoisotopic (exact) mass is 537 g/mol. The number of hydrogen-bond acceptors (Lipinski definition) is 7. The lowest BCUT2D eigenvalue weighted by molar-refractivity contribution is -0.189. The molecule has 2 atom stereocenters. The lowest BCUT2D eigenvalue weighted by Gasteiger charge is -2.36. The Balaban J connectivity index is 1.28. The van der Waals surface area contributed by atoms with Gasteiger partial charge in [-0.3, -0.25) is 14.7 Å². The molecule has 1 aromatic carbocycles. The number of carbonyl (C=O) groups excluding carboxylic acids is 2. The summed E-state index contributed by atoms with van der Waals surface area (Å²) < 4.78 is 45.8. The van der Waals surface area contributed by atoms with Crippen molar-refractivity contribution in [3.05, 3.63) is 79.0 Å². The Morgan fingerprint density at radius 1 is 1.10 bits per heavy atom. The molecule has 0 spiro atoms. The van der Waals surface area contributed by atoms with Gasteiger partial charge in [-0.1, -0.05) is 17.8 Å². The number of H-pyrrole nitrogens is 1. The van der Waals surface area contributed by atoms with Crippen molar-refractivity contribution in [1.29, 1.82) is 0 Å². The second-order valence-electron chi connectivity index (χ2n) is 8.98. The van der Waals surface area contributed by atoms with E-state index in [1.165, 1.54) is 0 Å². The molecule has 1 fully saturated rings. The summed E-state index contributed by atoms with van der Waals surface area (Å²) in [6, 6.07) is 13.3. The molecule has 4 aromatic rings. The Morgan fingerprint density at radius 2 is 1.90 bits per heavy atom. The van der Waals surface area contributed by atoms with Crippen LogP contribution in [0.1, 0.15) is 28.7 Å². The summed E-state index contributed by atoms with van der Waals surface area (Å²) in [5.74, 6) is -3.31. The van der Waals surface area contributed by atoms with Crippen LogP contribution in [-0.2, 0) is 4.79 Å². The number of pyridine rings is 1. The number of rotatable bonds is 6. The summed E-state index contributed by atoms with van der Waals surface area (Å²) in [6.07, 6.45) is -2.17. The van der Waals surface area contributed by atoms with Crippen LogP contribution in [0.4, 0.5) is 18.9 Å². The molecule has 200 valence electrons. The van der Waals surface area contributed by atoms with Crippen molar-refractivity contribution in [3.8, 4) is 22.8 Å². The van der Waals surface area contributed by atoms with Gasteiger partial charge in [0.05, 0.1) is 23.2 Å². The molecule has 39 heavy (non-hydrogen) atoms. The lowest BCUT2D eigenvalue weighted by Crippen LogP contribution is -2.47. The molecule has 10 nitrogen and oxygen atoms in total. The van der Waals surface area contributed by atoms with Crippen LogP contribution in [-0.4, -0.2) is 61.3 Å². The highest BCUT2D eigenvalue weighted by Gasteiger charge is 2.46. The third-order valence-corrected chi connectivity index (χ3v) is 6.35. The van der Waals surface area contributed by atoms with Gasteiger partial charge in [0, 0.05) is 30.5 Å². The predicted molar refractivity (Wildman–Crippen MR) is 133 cm³/mol. The van der Waals surface area contributed by atoms with Crippen LogP contribution < -0.4 is 5.32 Å². The molecule has 4 heterocycles. The molecule has 0 saturated carbocycles. The Labute approximate surface area is 219 Å². The number of halogens is 3. The van der Waals surface area contributed by atoms with E-state index in [1.54, 1.807) is 54.7 Å². The van der Waals surface area contributed by atoms with Crippen LogP contribution in [0.2, 0.25) is 0 Å². The first-order chi connectivity index (χ1) is 18.7. The summed E-state index contributed by atoms with van der Waals surface area (Å²) in [5.41, 5.74) is 2.47. The van der Waals surface area contributed by atoms with Gasteiger partial charge in [-0.15, -0.1) is 0 Å². The number of carbonyl (C=O) groups is 2. The molecule has 2 N–H and O–H groups in total. The molecular formula is C26H22F3N7O3. The molecule has 1 saturated heterocycles. The molecule has 0 aliphatic carbocycles. The van der Waals surface area contributed by atoms with Crippen LogP contribution in [0, 0.1) is 5.92 Å². The third-order valence-electron chi connectivity index (χ3n) is 6.35. The first kappa shape index (κ1) is 25.8. The second kappa shape index (κ2) is 10.5. The number of alkyl halides is 3. The average molecular weight is 538 g/mol. The fourth-order valence-corrected chi connectivity index (χ4v) is 4.35. The standard InChI is InChI=1S/C26H22F3N7O3/c1-2-22(37)36-13-16(12-17(14-36)26(27,28)29)25-33-23(35-39-25)15-6-8-18(9-7-15)31-24(38)21-5-3-4-19(32-21)20-10-11-30-34-20/h2-11,16-17H,1,12-14H2,(H,30,34)(H,31,38)/t16-,17+/m0/s1. The van der Waals surface area contributed by atoms with E-state index >= 15 is 0 Å². The quantitative estimate of drug-likeness (QED) is 0.348. The summed E-state index contributed by atoms with van der Waals surface area (Å²) in [7, 11) is 0. The summed E-state index contributed by atoms with van der Waals surface area (Å²) in [5, 5.41) is 13.4. The maximum absolute atomic E-state index is 13.5. The van der Waals surface area contributed by atoms with Crippen LogP contribution in [0.15, 0.2) is 71.9 Å². The minimum absolute atomic E-state index is 0.0135. The molecule has 0 radical (unpaired) electrons. The summed E-state index contributed by atoms with van der Waals surface area (Å²) >= 11 is 0. The highest BCUT2D eigenvalue weighted by atomic mass is 19.4. The summed E-state index contributed by atoms with van der Waals surface area (Å²) in [4.78, 5) is 34.5. The molecule has 3 aromatic heterocycles. The van der Waals surface area contributed by atoms with Gasteiger partial charge >= 0.3 is 6.18 Å². The zero-order chi connectivity index (χ0) is 27.6. The van der Waals surface area contributed by atoms with Crippen LogP contribution in [0.5, 0.6) is 0 Å². The molecule has 0 unspecified atom stereocenters. The van der Waals surface area contributed by atoms with E-state index in [4.69, 9.17) is 4.52 Å². The molecule has 1 aliphatic heterocycles. The highest BCUT2D eigenvalue weighted by molar-refractivity contribution is 6.03. The summed E-state index contributed by atoms with van der Waals surface area (Å²) in [6.45, 7) is 2.93. The first-order valence-corrected chi connectivity index (χ1v) is 11.9. The van der Waals surface area contributed by atoms with Crippen molar-refractivity contribution in [3.63, 3.8) is 0 Å². The van der Waals surface area contributed by atoms with Gasteiger partial charge in [0.25, 0.3) is 5.91 Å². The van der Waals surface area contributed by atoms with Gasteiger partial charge in [-0.05, 0) is 55.0 Å². The van der Waals surface area contributed by atoms with Crippen molar-refractivity contribution in [2.75, 3.05) is 18.4 Å². The average Bonchev–Trinajstić information content (AvgIpc) is 3.66. The zero-order valence-electron chi connectivity index (χ0n) is 20.4. The second-order valence-corrected chi connectivity index (χ2v) is 8.98. The SMILES string of the molecule is C=CC(=O)N1C[C@@H](c2nc(-c3ccc(NC(=O)c4cccc(-c5ccn[nH]5)n4)cc3)no2)C[C@@H](C(F)(F)F)C1. The Bertz CT molecular complexity index is 1480. The third kappa shape index (κ3) is 5.71.